The largest absolute Gasteiger partial charge is 0.491 e. The number of rotatable bonds is 4. The molecule has 0 saturated carbocycles. The van der Waals surface area contributed by atoms with Crippen LogP contribution in [0.2, 0.25) is 0 Å². The first kappa shape index (κ1) is 12.4. The van der Waals surface area contributed by atoms with Crippen LogP contribution in [0.3, 0.4) is 0 Å². The predicted molar refractivity (Wildman–Crippen MR) is 76.8 cm³/mol. The Bertz CT molecular complexity index is 526. The van der Waals surface area contributed by atoms with Crippen molar-refractivity contribution in [2.75, 3.05) is 0 Å². The molecule has 92 valence electrons. The maximum atomic E-state index is 5.70. The Morgan fingerprint density at radius 1 is 0.944 bits per heavy atom. The fourth-order valence-electron chi connectivity index (χ4n) is 1.84. The van der Waals surface area contributed by atoms with Crippen LogP contribution in [0.15, 0.2) is 61.2 Å². The highest BCUT2D eigenvalue weighted by Crippen LogP contribution is 2.25. The lowest BCUT2D eigenvalue weighted by molar-refractivity contribution is 0.242. The van der Waals surface area contributed by atoms with Crippen molar-refractivity contribution in [2.45, 2.75) is 20.0 Å². The minimum absolute atomic E-state index is 0.185. The summed E-state index contributed by atoms with van der Waals surface area (Å²) >= 11 is 0. The van der Waals surface area contributed by atoms with Crippen molar-refractivity contribution >= 4 is 5.57 Å². The molecule has 1 heteroatoms. The molecule has 0 amide bonds. The van der Waals surface area contributed by atoms with Gasteiger partial charge in [0.05, 0.1) is 6.10 Å². The van der Waals surface area contributed by atoms with Crippen LogP contribution >= 0.6 is 0 Å². The molecule has 2 aromatic rings. The summed E-state index contributed by atoms with van der Waals surface area (Å²) in [4.78, 5) is 0. The molecule has 0 aliphatic rings. The summed E-state index contributed by atoms with van der Waals surface area (Å²) in [5.74, 6) is 0.889. The molecule has 0 saturated heterocycles. The zero-order valence-corrected chi connectivity index (χ0v) is 10.9. The molecule has 0 aliphatic heterocycles. The average Bonchev–Trinajstić information content (AvgIpc) is 2.38. The Morgan fingerprint density at radius 3 is 2.28 bits per heavy atom. The quantitative estimate of drug-likeness (QED) is 0.760. The summed E-state index contributed by atoms with van der Waals surface area (Å²) in [7, 11) is 0. The molecular formula is C17H18O. The molecule has 1 nitrogen and oxygen atoms in total. The third kappa shape index (κ3) is 3.01. The number of ether oxygens (including phenoxy) is 1. The summed E-state index contributed by atoms with van der Waals surface area (Å²) in [6.07, 6.45) is 0.185. The third-order valence-corrected chi connectivity index (χ3v) is 2.68. The highest BCUT2D eigenvalue weighted by Gasteiger charge is 2.04. The van der Waals surface area contributed by atoms with Crippen LogP contribution in [0.1, 0.15) is 25.0 Å². The van der Waals surface area contributed by atoms with E-state index < -0.39 is 0 Å². The van der Waals surface area contributed by atoms with Gasteiger partial charge >= 0.3 is 0 Å². The topological polar surface area (TPSA) is 9.23 Å². The first-order chi connectivity index (χ1) is 8.66. The highest BCUT2D eigenvalue weighted by molar-refractivity contribution is 5.78. The SMILES string of the molecule is C=C(c1ccccc1)c1cccc(OC(C)C)c1. The monoisotopic (exact) mass is 238 g/mol. The van der Waals surface area contributed by atoms with Crippen molar-refractivity contribution in [1.82, 2.24) is 0 Å². The Morgan fingerprint density at radius 2 is 1.61 bits per heavy atom. The minimum Gasteiger partial charge on any atom is -0.491 e. The van der Waals surface area contributed by atoms with Gasteiger partial charge in [-0.2, -0.15) is 0 Å². The van der Waals surface area contributed by atoms with Gasteiger partial charge < -0.3 is 4.74 Å². The average molecular weight is 238 g/mol. The van der Waals surface area contributed by atoms with Gasteiger partial charge in [0.25, 0.3) is 0 Å². The molecule has 0 heterocycles. The number of hydrogen-bond acceptors (Lipinski definition) is 1. The fraction of sp³-hybridized carbons (Fsp3) is 0.176. The zero-order chi connectivity index (χ0) is 13.0. The fourth-order valence-corrected chi connectivity index (χ4v) is 1.84. The minimum atomic E-state index is 0.185. The van der Waals surface area contributed by atoms with Gasteiger partial charge in [0.15, 0.2) is 0 Å². The molecule has 0 N–H and O–H groups in total. The van der Waals surface area contributed by atoms with Gasteiger partial charge in [-0.15, -0.1) is 0 Å². The van der Waals surface area contributed by atoms with E-state index in [2.05, 4.69) is 24.8 Å². The Labute approximate surface area is 109 Å². The number of benzene rings is 2. The lowest BCUT2D eigenvalue weighted by Gasteiger charge is -2.12. The Hall–Kier alpha value is -2.02. The summed E-state index contributed by atoms with van der Waals surface area (Å²) < 4.78 is 5.70. The van der Waals surface area contributed by atoms with E-state index in [9.17, 15) is 0 Å². The van der Waals surface area contributed by atoms with Gasteiger partial charge in [0, 0.05) is 0 Å². The lowest BCUT2D eigenvalue weighted by atomic mass is 10.00. The van der Waals surface area contributed by atoms with Gasteiger partial charge in [-0.1, -0.05) is 49.0 Å². The maximum Gasteiger partial charge on any atom is 0.120 e. The van der Waals surface area contributed by atoms with Gasteiger partial charge in [0.1, 0.15) is 5.75 Å². The van der Waals surface area contributed by atoms with Crippen LogP contribution in [-0.2, 0) is 0 Å². The molecule has 0 radical (unpaired) electrons. The van der Waals surface area contributed by atoms with Gasteiger partial charge in [0.2, 0.25) is 0 Å². The highest BCUT2D eigenvalue weighted by atomic mass is 16.5. The molecule has 2 aromatic carbocycles. The van der Waals surface area contributed by atoms with Crippen LogP contribution in [0, 0.1) is 0 Å². The van der Waals surface area contributed by atoms with Crippen molar-refractivity contribution in [2.24, 2.45) is 0 Å². The van der Waals surface area contributed by atoms with E-state index in [0.717, 1.165) is 22.4 Å². The van der Waals surface area contributed by atoms with Gasteiger partial charge in [-0.25, -0.2) is 0 Å². The second-order valence-corrected chi connectivity index (χ2v) is 4.54. The predicted octanol–water partition coefficient (Wildman–Crippen LogP) is 4.54. The van der Waals surface area contributed by atoms with Crippen molar-refractivity contribution < 1.29 is 4.74 Å². The molecule has 2 rings (SSSR count). The van der Waals surface area contributed by atoms with E-state index in [1.165, 1.54) is 0 Å². The van der Waals surface area contributed by atoms with Crippen molar-refractivity contribution in [3.63, 3.8) is 0 Å². The molecular weight excluding hydrogens is 220 g/mol. The number of hydrogen-bond donors (Lipinski definition) is 0. The van der Waals surface area contributed by atoms with Crippen LogP contribution in [0.25, 0.3) is 5.57 Å². The van der Waals surface area contributed by atoms with Crippen LogP contribution in [-0.4, -0.2) is 6.10 Å². The van der Waals surface area contributed by atoms with E-state index >= 15 is 0 Å². The molecule has 0 spiro atoms. The zero-order valence-electron chi connectivity index (χ0n) is 10.9. The van der Waals surface area contributed by atoms with E-state index in [-0.39, 0.29) is 6.10 Å². The maximum absolute atomic E-state index is 5.70. The third-order valence-electron chi connectivity index (χ3n) is 2.68. The van der Waals surface area contributed by atoms with Crippen LogP contribution < -0.4 is 4.74 Å². The molecule has 0 fully saturated rings. The first-order valence-electron chi connectivity index (χ1n) is 6.18. The van der Waals surface area contributed by atoms with Crippen molar-refractivity contribution in [1.29, 1.82) is 0 Å². The van der Waals surface area contributed by atoms with E-state index in [0.29, 0.717) is 0 Å². The smallest absolute Gasteiger partial charge is 0.120 e. The normalized spacial score (nSPS) is 10.4. The molecule has 0 atom stereocenters. The first-order valence-corrected chi connectivity index (χ1v) is 6.18. The Kier molecular flexibility index (Phi) is 3.83. The molecule has 0 unspecified atom stereocenters. The van der Waals surface area contributed by atoms with Crippen LogP contribution in [0.5, 0.6) is 5.75 Å². The van der Waals surface area contributed by atoms with Gasteiger partial charge in [-0.3, -0.25) is 0 Å². The van der Waals surface area contributed by atoms with E-state index in [1.807, 2.05) is 50.2 Å². The molecule has 18 heavy (non-hydrogen) atoms. The van der Waals surface area contributed by atoms with Crippen molar-refractivity contribution in [3.8, 4) is 5.75 Å². The second-order valence-electron chi connectivity index (χ2n) is 4.54. The molecule has 0 aliphatic carbocycles. The standard InChI is InChI=1S/C17H18O/c1-13(2)18-17-11-7-10-16(12-17)14(3)15-8-5-4-6-9-15/h4-13H,3H2,1-2H3. The summed E-state index contributed by atoms with van der Waals surface area (Å²) in [5.41, 5.74) is 3.25. The molecule has 0 aromatic heterocycles. The lowest BCUT2D eigenvalue weighted by Crippen LogP contribution is -2.05. The Balaban J connectivity index is 2.26. The summed E-state index contributed by atoms with van der Waals surface area (Å²) in [6, 6.07) is 18.3. The van der Waals surface area contributed by atoms with Crippen molar-refractivity contribution in [3.05, 3.63) is 72.3 Å². The van der Waals surface area contributed by atoms with E-state index in [4.69, 9.17) is 4.74 Å². The van der Waals surface area contributed by atoms with E-state index in [1.54, 1.807) is 0 Å². The van der Waals surface area contributed by atoms with Crippen LogP contribution in [0.4, 0.5) is 0 Å². The van der Waals surface area contributed by atoms with Gasteiger partial charge in [-0.05, 0) is 42.7 Å². The summed E-state index contributed by atoms with van der Waals surface area (Å²) in [5, 5.41) is 0. The second kappa shape index (κ2) is 5.54. The summed E-state index contributed by atoms with van der Waals surface area (Å²) in [6.45, 7) is 8.21. The molecule has 0 bridgehead atoms.